The summed E-state index contributed by atoms with van der Waals surface area (Å²) < 4.78 is 14.5. The molecule has 3 aromatic rings. The molecule has 0 saturated heterocycles. The molecule has 29 heavy (non-hydrogen) atoms. The van der Waals surface area contributed by atoms with Crippen molar-refractivity contribution < 1.29 is 14.3 Å². The number of fused-ring (bicyclic) bond motifs is 1. The molecule has 2 aromatic carbocycles. The van der Waals surface area contributed by atoms with Gasteiger partial charge in [0, 0.05) is 15.4 Å². The van der Waals surface area contributed by atoms with Crippen LogP contribution in [0.15, 0.2) is 40.9 Å². The maximum atomic E-state index is 12.0. The molecule has 0 unspecified atom stereocenters. The third-order valence-electron chi connectivity index (χ3n) is 5.52. The van der Waals surface area contributed by atoms with E-state index in [0.717, 1.165) is 32.2 Å². The van der Waals surface area contributed by atoms with Crippen molar-refractivity contribution in [2.45, 2.75) is 52.2 Å². The second kappa shape index (κ2) is 8.57. The molecule has 0 atom stereocenters. The first-order chi connectivity index (χ1) is 14.1. The molecule has 0 radical (unpaired) electrons. The third kappa shape index (κ3) is 4.17. The van der Waals surface area contributed by atoms with E-state index in [9.17, 15) is 4.79 Å². The smallest absolute Gasteiger partial charge is 0.310 e. The first kappa shape index (κ1) is 20.0. The second-order valence-electron chi connectivity index (χ2n) is 7.46. The zero-order valence-electron chi connectivity index (χ0n) is 16.8. The summed E-state index contributed by atoms with van der Waals surface area (Å²) in [7, 11) is 0. The third-order valence-corrected chi connectivity index (χ3v) is 6.02. The van der Waals surface area contributed by atoms with Crippen LogP contribution in [-0.2, 0) is 22.6 Å². The lowest BCUT2D eigenvalue weighted by atomic mass is 9.93. The topological polar surface area (TPSA) is 53.4 Å². The number of rotatable bonds is 7. The number of hydrogen-bond acceptors (Lipinski definition) is 4. The summed E-state index contributed by atoms with van der Waals surface area (Å²) in [5.41, 5.74) is 3.95. The highest BCUT2D eigenvalue weighted by Crippen LogP contribution is 2.35. The van der Waals surface area contributed by atoms with Gasteiger partial charge in [-0.25, -0.2) is 0 Å². The summed E-state index contributed by atoms with van der Waals surface area (Å²) >= 11 is 3.57. The molecular weight excluding hydrogens is 432 g/mol. The van der Waals surface area contributed by atoms with Crippen molar-refractivity contribution >= 4 is 32.8 Å². The molecule has 0 aliphatic heterocycles. The molecule has 0 N–H and O–H groups in total. The molecule has 5 nitrogen and oxygen atoms in total. The van der Waals surface area contributed by atoms with E-state index >= 15 is 0 Å². The SMILES string of the molecule is CCOC(=O)Cc1c(C)cccc1OCc1nn(C2CCC2)c2ccc(Br)cc12. The van der Waals surface area contributed by atoms with Gasteiger partial charge in [-0.3, -0.25) is 9.48 Å². The summed E-state index contributed by atoms with van der Waals surface area (Å²) in [5.74, 6) is 0.467. The molecule has 6 heteroatoms. The van der Waals surface area contributed by atoms with Gasteiger partial charge in [0.2, 0.25) is 0 Å². The largest absolute Gasteiger partial charge is 0.487 e. The Balaban J connectivity index is 1.61. The Bertz CT molecular complexity index is 1040. The lowest BCUT2D eigenvalue weighted by Crippen LogP contribution is -2.18. The molecule has 152 valence electrons. The van der Waals surface area contributed by atoms with Gasteiger partial charge in [-0.1, -0.05) is 28.1 Å². The first-order valence-electron chi connectivity index (χ1n) is 10.1. The summed E-state index contributed by atoms with van der Waals surface area (Å²) in [6.07, 6.45) is 3.82. The lowest BCUT2D eigenvalue weighted by molar-refractivity contribution is -0.142. The van der Waals surface area contributed by atoms with E-state index in [1.807, 2.05) is 32.0 Å². The number of aryl methyl sites for hydroxylation is 1. The molecule has 1 aliphatic carbocycles. The van der Waals surface area contributed by atoms with Crippen LogP contribution in [0.1, 0.15) is 49.0 Å². The van der Waals surface area contributed by atoms with Gasteiger partial charge < -0.3 is 9.47 Å². The van der Waals surface area contributed by atoms with Gasteiger partial charge in [0.05, 0.1) is 24.6 Å². The van der Waals surface area contributed by atoms with E-state index in [-0.39, 0.29) is 12.4 Å². The molecular formula is C23H25BrN2O3. The van der Waals surface area contributed by atoms with Crippen molar-refractivity contribution in [2.75, 3.05) is 6.61 Å². The van der Waals surface area contributed by atoms with E-state index in [4.69, 9.17) is 14.6 Å². The maximum absolute atomic E-state index is 12.0. The van der Waals surface area contributed by atoms with Crippen molar-refractivity contribution in [2.24, 2.45) is 0 Å². The fraction of sp³-hybridized carbons (Fsp3) is 0.391. The van der Waals surface area contributed by atoms with Crippen LogP contribution in [0, 0.1) is 6.92 Å². The molecule has 0 spiro atoms. The monoisotopic (exact) mass is 456 g/mol. The van der Waals surface area contributed by atoms with Gasteiger partial charge in [-0.15, -0.1) is 0 Å². The number of carbonyl (C=O) groups is 1. The normalized spacial score (nSPS) is 14.0. The standard InChI is InChI=1S/C23H25BrN2O3/c1-3-28-23(27)13-18-15(2)6-4-9-22(18)29-14-20-19-12-16(24)10-11-21(19)26(25-20)17-7-5-8-17/h4,6,9-12,17H,3,5,7-8,13-14H2,1-2H3. The lowest BCUT2D eigenvalue weighted by Gasteiger charge is -2.26. The highest BCUT2D eigenvalue weighted by atomic mass is 79.9. The Morgan fingerprint density at radius 3 is 2.83 bits per heavy atom. The average molecular weight is 457 g/mol. The molecule has 4 rings (SSSR count). The summed E-state index contributed by atoms with van der Waals surface area (Å²) in [6.45, 7) is 4.53. The fourth-order valence-corrected chi connectivity index (χ4v) is 4.09. The van der Waals surface area contributed by atoms with E-state index in [1.165, 1.54) is 19.3 Å². The highest BCUT2D eigenvalue weighted by molar-refractivity contribution is 9.10. The molecule has 1 heterocycles. The number of benzene rings is 2. The predicted octanol–water partition coefficient (Wildman–Crippen LogP) is 5.52. The zero-order valence-corrected chi connectivity index (χ0v) is 18.4. The molecule has 1 saturated carbocycles. The van der Waals surface area contributed by atoms with Gasteiger partial charge >= 0.3 is 5.97 Å². The summed E-state index contributed by atoms with van der Waals surface area (Å²) in [6, 6.07) is 12.6. The summed E-state index contributed by atoms with van der Waals surface area (Å²) in [5, 5.41) is 5.99. The zero-order chi connectivity index (χ0) is 20.4. The van der Waals surface area contributed by atoms with Crippen molar-refractivity contribution in [1.82, 2.24) is 9.78 Å². The van der Waals surface area contributed by atoms with E-state index in [2.05, 4.69) is 38.8 Å². The van der Waals surface area contributed by atoms with Gasteiger partial charge in [0.15, 0.2) is 0 Å². The number of ether oxygens (including phenoxy) is 2. The predicted molar refractivity (Wildman–Crippen MR) is 116 cm³/mol. The summed E-state index contributed by atoms with van der Waals surface area (Å²) in [4.78, 5) is 12.0. The van der Waals surface area contributed by atoms with Gasteiger partial charge in [0.1, 0.15) is 18.1 Å². The van der Waals surface area contributed by atoms with E-state index < -0.39 is 0 Å². The van der Waals surface area contributed by atoms with Gasteiger partial charge in [-0.2, -0.15) is 5.10 Å². The number of nitrogens with zero attached hydrogens (tertiary/aromatic N) is 2. The molecule has 0 bridgehead atoms. The van der Waals surface area contributed by atoms with Crippen LogP contribution in [0.5, 0.6) is 5.75 Å². The second-order valence-corrected chi connectivity index (χ2v) is 8.38. The number of esters is 1. The van der Waals surface area contributed by atoms with Gasteiger partial charge in [-0.05, 0) is 62.9 Å². The van der Waals surface area contributed by atoms with Crippen LogP contribution in [0.2, 0.25) is 0 Å². The van der Waals surface area contributed by atoms with E-state index in [1.54, 1.807) is 0 Å². The van der Waals surface area contributed by atoms with Crippen LogP contribution in [-0.4, -0.2) is 22.4 Å². The Morgan fingerprint density at radius 1 is 1.28 bits per heavy atom. The van der Waals surface area contributed by atoms with Crippen LogP contribution in [0.4, 0.5) is 0 Å². The van der Waals surface area contributed by atoms with Crippen molar-refractivity contribution in [3.8, 4) is 5.75 Å². The molecule has 0 amide bonds. The maximum Gasteiger partial charge on any atom is 0.310 e. The number of halogens is 1. The Morgan fingerprint density at radius 2 is 2.10 bits per heavy atom. The van der Waals surface area contributed by atoms with Crippen LogP contribution >= 0.6 is 15.9 Å². The minimum Gasteiger partial charge on any atom is -0.487 e. The average Bonchev–Trinajstić information content (AvgIpc) is 2.98. The van der Waals surface area contributed by atoms with Crippen LogP contribution < -0.4 is 4.74 Å². The Labute approximate surface area is 179 Å². The fourth-order valence-electron chi connectivity index (χ4n) is 3.73. The van der Waals surface area contributed by atoms with Gasteiger partial charge in [0.25, 0.3) is 0 Å². The minimum atomic E-state index is -0.240. The minimum absolute atomic E-state index is 0.207. The molecule has 1 aromatic heterocycles. The van der Waals surface area contributed by atoms with Crippen molar-refractivity contribution in [1.29, 1.82) is 0 Å². The quantitative estimate of drug-likeness (QED) is 0.439. The first-order valence-corrected chi connectivity index (χ1v) is 10.9. The molecule has 1 aliphatic rings. The van der Waals surface area contributed by atoms with Crippen molar-refractivity contribution in [3.63, 3.8) is 0 Å². The molecule has 1 fully saturated rings. The number of hydrogen-bond donors (Lipinski definition) is 0. The Hall–Kier alpha value is -2.34. The highest BCUT2D eigenvalue weighted by Gasteiger charge is 2.24. The number of aromatic nitrogens is 2. The van der Waals surface area contributed by atoms with Crippen molar-refractivity contribution in [3.05, 3.63) is 57.7 Å². The van der Waals surface area contributed by atoms with E-state index in [0.29, 0.717) is 25.0 Å². The number of carbonyl (C=O) groups excluding carboxylic acids is 1. The van der Waals surface area contributed by atoms with Crippen LogP contribution in [0.25, 0.3) is 10.9 Å². The van der Waals surface area contributed by atoms with Crippen LogP contribution in [0.3, 0.4) is 0 Å². The Kier molecular flexibility index (Phi) is 5.90.